The average Bonchev–Trinajstić information content (AvgIpc) is 2.41. The Bertz CT molecular complexity index is 663. The van der Waals surface area contributed by atoms with Crippen molar-refractivity contribution in [3.63, 3.8) is 0 Å². The summed E-state index contributed by atoms with van der Waals surface area (Å²) in [7, 11) is -2.13. The number of hydrogen-bond acceptors (Lipinski definition) is 4. The Labute approximate surface area is 142 Å². The lowest BCUT2D eigenvalue weighted by Gasteiger charge is -2.30. The van der Waals surface area contributed by atoms with Gasteiger partial charge in [-0.25, -0.2) is 8.42 Å². The monoisotopic (exact) mass is 362 g/mol. The van der Waals surface area contributed by atoms with Crippen molar-refractivity contribution >= 4 is 33.2 Å². The highest BCUT2D eigenvalue weighted by molar-refractivity contribution is 7.92. The molecular weight excluding hydrogens is 340 g/mol. The summed E-state index contributed by atoms with van der Waals surface area (Å²) in [6.45, 7) is 5.43. The van der Waals surface area contributed by atoms with Gasteiger partial charge >= 0.3 is 0 Å². The van der Waals surface area contributed by atoms with E-state index in [4.69, 9.17) is 16.3 Å². The average molecular weight is 363 g/mol. The Hall–Kier alpha value is -1.31. The van der Waals surface area contributed by atoms with E-state index in [0.717, 1.165) is 10.6 Å². The van der Waals surface area contributed by atoms with Gasteiger partial charge in [-0.2, -0.15) is 0 Å². The Balaban J connectivity index is 3.17. The highest BCUT2D eigenvalue weighted by Gasteiger charge is 2.30. The quantitative estimate of drug-likeness (QED) is 0.804. The summed E-state index contributed by atoms with van der Waals surface area (Å²) in [4.78, 5) is 12.4. The molecule has 1 amide bonds. The fraction of sp³-hybridized carbons (Fsp3) is 0.533. The molecule has 0 saturated heterocycles. The number of methoxy groups -OCH3 is 1. The number of amides is 1. The van der Waals surface area contributed by atoms with Crippen LogP contribution in [-0.2, 0) is 19.6 Å². The highest BCUT2D eigenvalue weighted by Crippen LogP contribution is 2.28. The molecule has 1 aromatic carbocycles. The summed E-state index contributed by atoms with van der Waals surface area (Å²) >= 11 is 5.98. The van der Waals surface area contributed by atoms with Gasteiger partial charge in [-0.1, -0.05) is 17.7 Å². The third-order valence-corrected chi connectivity index (χ3v) is 4.77. The number of carbonyl (C=O) groups is 1. The molecule has 0 aliphatic heterocycles. The molecule has 0 fully saturated rings. The van der Waals surface area contributed by atoms with E-state index in [1.165, 1.54) is 14.0 Å². The number of nitrogens with zero attached hydrogens (tertiary/aromatic N) is 1. The third kappa shape index (κ3) is 5.37. The van der Waals surface area contributed by atoms with Crippen LogP contribution >= 0.6 is 11.6 Å². The molecule has 130 valence electrons. The number of benzene rings is 1. The van der Waals surface area contributed by atoms with Gasteiger partial charge in [-0.15, -0.1) is 0 Å². The van der Waals surface area contributed by atoms with Crippen molar-refractivity contribution in [2.45, 2.75) is 32.9 Å². The summed E-state index contributed by atoms with van der Waals surface area (Å²) in [5, 5.41) is 3.14. The minimum absolute atomic E-state index is 0.225. The maximum absolute atomic E-state index is 12.4. The first-order valence-corrected chi connectivity index (χ1v) is 9.35. The van der Waals surface area contributed by atoms with Gasteiger partial charge in [0.15, 0.2) is 0 Å². The maximum atomic E-state index is 12.4. The molecule has 0 radical (unpaired) electrons. The largest absolute Gasteiger partial charge is 0.383 e. The molecule has 0 bridgehead atoms. The Kier molecular flexibility index (Phi) is 6.85. The molecule has 0 unspecified atom stereocenters. The van der Waals surface area contributed by atoms with Crippen molar-refractivity contribution in [2.24, 2.45) is 0 Å². The van der Waals surface area contributed by atoms with Crippen LogP contribution in [0.3, 0.4) is 0 Å². The summed E-state index contributed by atoms with van der Waals surface area (Å²) < 4.78 is 30.5. The van der Waals surface area contributed by atoms with Crippen molar-refractivity contribution in [1.29, 1.82) is 0 Å². The lowest BCUT2D eigenvalue weighted by atomic mass is 10.1. The van der Waals surface area contributed by atoms with Gasteiger partial charge in [-0.3, -0.25) is 9.10 Å². The summed E-state index contributed by atoms with van der Waals surface area (Å²) in [5.74, 6) is -0.403. The zero-order valence-electron chi connectivity index (χ0n) is 14.0. The molecule has 1 rings (SSSR count). The van der Waals surface area contributed by atoms with E-state index in [0.29, 0.717) is 22.9 Å². The van der Waals surface area contributed by atoms with Crippen LogP contribution in [-0.4, -0.2) is 46.4 Å². The molecule has 8 heteroatoms. The van der Waals surface area contributed by atoms with Crippen LogP contribution in [0.4, 0.5) is 5.69 Å². The second-order valence-electron chi connectivity index (χ2n) is 5.53. The molecule has 0 aliphatic carbocycles. The van der Waals surface area contributed by atoms with E-state index in [-0.39, 0.29) is 6.04 Å². The number of nitrogens with one attached hydrogen (secondary N) is 1. The van der Waals surface area contributed by atoms with Crippen LogP contribution in [0.2, 0.25) is 5.02 Å². The van der Waals surface area contributed by atoms with Crippen molar-refractivity contribution < 1.29 is 17.9 Å². The van der Waals surface area contributed by atoms with Gasteiger partial charge < -0.3 is 10.1 Å². The molecule has 1 aromatic rings. The molecule has 0 spiro atoms. The topological polar surface area (TPSA) is 75.7 Å². The van der Waals surface area contributed by atoms with Gasteiger partial charge in [0.25, 0.3) is 0 Å². The number of hydrogen-bond donors (Lipinski definition) is 1. The molecule has 2 atom stereocenters. The van der Waals surface area contributed by atoms with E-state index in [1.54, 1.807) is 32.0 Å². The minimum atomic E-state index is -3.67. The van der Waals surface area contributed by atoms with Crippen molar-refractivity contribution in [2.75, 3.05) is 24.3 Å². The smallest absolute Gasteiger partial charge is 0.243 e. The van der Waals surface area contributed by atoms with Crippen LogP contribution in [0.15, 0.2) is 18.2 Å². The van der Waals surface area contributed by atoms with Crippen LogP contribution in [0, 0.1) is 6.92 Å². The Morgan fingerprint density at radius 3 is 2.52 bits per heavy atom. The van der Waals surface area contributed by atoms with Crippen LogP contribution < -0.4 is 9.62 Å². The van der Waals surface area contributed by atoms with Crippen molar-refractivity contribution in [1.82, 2.24) is 5.32 Å². The lowest BCUT2D eigenvalue weighted by molar-refractivity contribution is -0.122. The van der Waals surface area contributed by atoms with Crippen LogP contribution in [0.1, 0.15) is 19.4 Å². The number of ether oxygens (including phenoxy) is 1. The van der Waals surface area contributed by atoms with Gasteiger partial charge in [0.2, 0.25) is 15.9 Å². The summed E-state index contributed by atoms with van der Waals surface area (Å²) in [6.07, 6.45) is 1.07. The fourth-order valence-electron chi connectivity index (χ4n) is 2.26. The standard InChI is InChI=1S/C15H23ClN2O4S/c1-10-6-7-13(16)8-14(10)18(23(5,20)21)12(3)15(19)17-11(2)9-22-4/h6-8,11-12H,9H2,1-5H3,(H,17,19)/t11-,12-/m0/s1. The fourth-order valence-corrected chi connectivity index (χ4v) is 3.65. The molecule has 0 aromatic heterocycles. The Morgan fingerprint density at radius 1 is 1.39 bits per heavy atom. The zero-order chi connectivity index (χ0) is 17.8. The third-order valence-electron chi connectivity index (χ3n) is 3.30. The Morgan fingerprint density at radius 2 is 2.00 bits per heavy atom. The minimum Gasteiger partial charge on any atom is -0.383 e. The van der Waals surface area contributed by atoms with E-state index in [2.05, 4.69) is 5.32 Å². The molecule has 23 heavy (non-hydrogen) atoms. The van der Waals surface area contributed by atoms with E-state index in [9.17, 15) is 13.2 Å². The van der Waals surface area contributed by atoms with Crippen LogP contribution in [0.5, 0.6) is 0 Å². The number of aryl methyl sites for hydroxylation is 1. The first-order chi connectivity index (χ1) is 10.6. The molecule has 0 heterocycles. The molecule has 1 N–H and O–H groups in total. The molecule has 0 aliphatic rings. The van der Waals surface area contributed by atoms with E-state index >= 15 is 0 Å². The summed E-state index contributed by atoms with van der Waals surface area (Å²) in [5.41, 5.74) is 1.10. The summed E-state index contributed by atoms with van der Waals surface area (Å²) in [6, 6.07) is 3.79. The predicted molar refractivity (Wildman–Crippen MR) is 92.5 cm³/mol. The number of sulfonamides is 1. The number of carbonyl (C=O) groups excluding carboxylic acids is 1. The predicted octanol–water partition coefficient (Wildman–Crippen LogP) is 1.95. The van der Waals surface area contributed by atoms with Gasteiger partial charge in [0.05, 0.1) is 18.6 Å². The first-order valence-electron chi connectivity index (χ1n) is 7.12. The SMILES string of the molecule is COC[C@H](C)NC(=O)[C@H](C)N(c1cc(Cl)ccc1C)S(C)(=O)=O. The van der Waals surface area contributed by atoms with Crippen LogP contribution in [0.25, 0.3) is 0 Å². The van der Waals surface area contributed by atoms with E-state index < -0.39 is 22.0 Å². The first kappa shape index (κ1) is 19.7. The normalized spacial score (nSPS) is 14.2. The highest BCUT2D eigenvalue weighted by atomic mass is 35.5. The maximum Gasteiger partial charge on any atom is 0.243 e. The van der Waals surface area contributed by atoms with Crippen molar-refractivity contribution in [3.05, 3.63) is 28.8 Å². The second-order valence-corrected chi connectivity index (χ2v) is 7.83. The van der Waals surface area contributed by atoms with Gasteiger partial charge in [0, 0.05) is 18.2 Å². The van der Waals surface area contributed by atoms with Gasteiger partial charge in [-0.05, 0) is 38.5 Å². The number of halogens is 1. The lowest BCUT2D eigenvalue weighted by Crippen LogP contribution is -2.50. The number of rotatable bonds is 7. The van der Waals surface area contributed by atoms with Gasteiger partial charge in [0.1, 0.15) is 6.04 Å². The second kappa shape index (κ2) is 7.99. The molecule has 6 nitrogen and oxygen atoms in total. The van der Waals surface area contributed by atoms with Crippen molar-refractivity contribution in [3.8, 4) is 0 Å². The van der Waals surface area contributed by atoms with E-state index in [1.807, 2.05) is 0 Å². The number of anilines is 1. The molecule has 0 saturated carbocycles. The zero-order valence-corrected chi connectivity index (χ0v) is 15.5. The molecular formula is C15H23ClN2O4S.